The van der Waals surface area contributed by atoms with E-state index in [4.69, 9.17) is 9.47 Å². The predicted molar refractivity (Wildman–Crippen MR) is 107 cm³/mol. The molecular weight excluding hydrogens is 415 g/mol. The molecule has 9 heteroatoms. The molecule has 1 atom stereocenters. The molecule has 0 N–H and O–H groups in total. The van der Waals surface area contributed by atoms with Crippen molar-refractivity contribution in [3.63, 3.8) is 0 Å². The van der Waals surface area contributed by atoms with Crippen molar-refractivity contribution in [2.75, 3.05) is 0 Å². The number of alkyl halides is 3. The van der Waals surface area contributed by atoms with E-state index < -0.39 is 48.9 Å². The second-order valence-electron chi connectivity index (χ2n) is 7.88. The largest absolute Gasteiger partial charge is 0.461 e. The van der Waals surface area contributed by atoms with Gasteiger partial charge in [0.2, 0.25) is 0 Å². The van der Waals surface area contributed by atoms with E-state index in [0.717, 1.165) is 5.69 Å². The Morgan fingerprint density at radius 1 is 1.10 bits per heavy atom. The van der Waals surface area contributed by atoms with Crippen LogP contribution in [0.5, 0.6) is 0 Å². The van der Waals surface area contributed by atoms with Gasteiger partial charge in [-0.05, 0) is 39.7 Å². The van der Waals surface area contributed by atoms with Crippen molar-refractivity contribution in [1.29, 1.82) is 0 Å². The molecule has 172 valence electrons. The molecule has 1 unspecified atom stereocenters. The summed E-state index contributed by atoms with van der Waals surface area (Å²) in [5.41, 5.74) is 0.859. The first-order valence-electron chi connectivity index (χ1n) is 9.72. The van der Waals surface area contributed by atoms with Gasteiger partial charge >= 0.3 is 18.1 Å². The van der Waals surface area contributed by atoms with Crippen LogP contribution in [0.1, 0.15) is 51.3 Å². The summed E-state index contributed by atoms with van der Waals surface area (Å²) in [6.45, 7) is 6.75. The summed E-state index contributed by atoms with van der Waals surface area (Å²) in [4.78, 5) is 24.0. The van der Waals surface area contributed by atoms with E-state index in [1.54, 1.807) is 63.4 Å². The van der Waals surface area contributed by atoms with Gasteiger partial charge in [-0.3, -0.25) is 9.59 Å². The minimum Gasteiger partial charge on any atom is -0.461 e. The maximum absolute atomic E-state index is 12.5. The van der Waals surface area contributed by atoms with Gasteiger partial charge in [0.1, 0.15) is 18.5 Å². The van der Waals surface area contributed by atoms with Gasteiger partial charge in [0.05, 0.1) is 18.0 Å². The lowest BCUT2D eigenvalue weighted by atomic mass is 9.99. The van der Waals surface area contributed by atoms with Gasteiger partial charge in [-0.1, -0.05) is 35.5 Å². The van der Waals surface area contributed by atoms with E-state index in [1.165, 1.54) is 0 Å². The van der Waals surface area contributed by atoms with Gasteiger partial charge in [0.25, 0.3) is 0 Å². The van der Waals surface area contributed by atoms with E-state index in [1.807, 2.05) is 6.92 Å². The molecule has 0 aliphatic heterocycles. The molecule has 0 fully saturated rings. The fourth-order valence-corrected chi connectivity index (χ4v) is 2.34. The summed E-state index contributed by atoms with van der Waals surface area (Å²) in [7, 11) is 0. The third kappa shape index (κ3) is 13.1. The van der Waals surface area contributed by atoms with Gasteiger partial charge < -0.3 is 14.0 Å². The number of ether oxygens (including phenoxy) is 2. The van der Waals surface area contributed by atoms with Crippen LogP contribution in [0.3, 0.4) is 0 Å². The first-order valence-corrected chi connectivity index (χ1v) is 9.72. The highest BCUT2D eigenvalue weighted by molar-refractivity contribution is 5.80. The summed E-state index contributed by atoms with van der Waals surface area (Å²) in [6, 6.07) is 10.6. The van der Waals surface area contributed by atoms with Crippen molar-refractivity contribution < 1.29 is 36.8 Å². The number of halogens is 3. The van der Waals surface area contributed by atoms with E-state index in [9.17, 15) is 22.8 Å². The summed E-state index contributed by atoms with van der Waals surface area (Å²) >= 11 is 0. The van der Waals surface area contributed by atoms with E-state index in [0.29, 0.717) is 5.56 Å². The van der Waals surface area contributed by atoms with Gasteiger partial charge in [0.15, 0.2) is 0 Å². The second kappa shape index (κ2) is 12.1. The minimum atomic E-state index is -4.41. The van der Waals surface area contributed by atoms with E-state index in [-0.39, 0.29) is 6.61 Å². The monoisotopic (exact) mass is 443 g/mol. The quantitative estimate of drug-likeness (QED) is 0.533. The number of rotatable bonds is 7. The van der Waals surface area contributed by atoms with Crippen LogP contribution < -0.4 is 0 Å². The molecule has 2 aromatic rings. The summed E-state index contributed by atoms with van der Waals surface area (Å²) in [6.07, 6.45) is -4.99. The minimum absolute atomic E-state index is 0.0590. The molecule has 6 nitrogen and oxygen atoms in total. The van der Waals surface area contributed by atoms with Crippen LogP contribution in [-0.2, 0) is 25.7 Å². The lowest BCUT2D eigenvalue weighted by molar-refractivity contribution is -0.165. The highest BCUT2D eigenvalue weighted by Crippen LogP contribution is 2.27. The van der Waals surface area contributed by atoms with Crippen LogP contribution in [-0.4, -0.2) is 28.9 Å². The Labute approximate surface area is 179 Å². The molecule has 31 heavy (non-hydrogen) atoms. The number of aryl methyl sites for hydroxylation is 1. The number of nitrogens with zero attached hydrogens (tertiary/aromatic N) is 1. The molecule has 0 aliphatic rings. The molecule has 0 amide bonds. The number of carbonyl (C=O) groups is 2. The SMILES string of the molecule is CC(C)(C)OC(=O)CC(CCC(F)(F)F)C(=O)OCc1ccccc1.Cc1ccon1. The summed E-state index contributed by atoms with van der Waals surface area (Å²) < 4.78 is 52.0. The highest BCUT2D eigenvalue weighted by atomic mass is 19.4. The molecule has 0 spiro atoms. The van der Waals surface area contributed by atoms with Crippen LogP contribution >= 0.6 is 0 Å². The van der Waals surface area contributed by atoms with Crippen LogP contribution in [0.15, 0.2) is 47.2 Å². The molecule has 1 aromatic carbocycles. The maximum Gasteiger partial charge on any atom is 0.389 e. The van der Waals surface area contributed by atoms with Crippen LogP contribution in [0, 0.1) is 12.8 Å². The zero-order valence-electron chi connectivity index (χ0n) is 18.1. The number of hydrogen-bond donors (Lipinski definition) is 0. The van der Waals surface area contributed by atoms with Crippen molar-refractivity contribution in [1.82, 2.24) is 5.16 Å². The molecule has 0 saturated heterocycles. The average Bonchev–Trinajstić information content (AvgIpc) is 3.13. The van der Waals surface area contributed by atoms with Crippen molar-refractivity contribution in [2.45, 2.75) is 65.3 Å². The number of carbonyl (C=O) groups excluding carboxylic acids is 2. The smallest absolute Gasteiger partial charge is 0.389 e. The Morgan fingerprint density at radius 2 is 1.74 bits per heavy atom. The van der Waals surface area contributed by atoms with Gasteiger partial charge in [-0.2, -0.15) is 13.2 Å². The Kier molecular flexibility index (Phi) is 10.2. The van der Waals surface area contributed by atoms with Gasteiger partial charge in [-0.15, -0.1) is 0 Å². The van der Waals surface area contributed by atoms with Gasteiger partial charge in [-0.25, -0.2) is 0 Å². The highest BCUT2D eigenvalue weighted by Gasteiger charge is 2.33. The number of hydrogen-bond acceptors (Lipinski definition) is 6. The molecule has 2 rings (SSSR count). The Hall–Kier alpha value is -2.84. The zero-order chi connectivity index (χ0) is 23.5. The summed E-state index contributed by atoms with van der Waals surface area (Å²) in [5, 5.41) is 3.54. The Balaban J connectivity index is 0.000000683. The fraction of sp³-hybridized carbons (Fsp3) is 0.500. The third-order valence-electron chi connectivity index (χ3n) is 3.73. The predicted octanol–water partition coefficient (Wildman–Crippen LogP) is 5.40. The number of esters is 2. The fourth-order valence-electron chi connectivity index (χ4n) is 2.34. The standard InChI is InChI=1S/C18H23F3O4.C4H5NO/c1-17(2,3)25-15(22)11-14(9-10-18(19,20)21)16(23)24-12-13-7-5-4-6-8-13;1-4-2-3-6-5-4/h4-8,14H,9-12H2,1-3H3;2-3H,1H3. The molecule has 0 bridgehead atoms. The molecule has 0 radical (unpaired) electrons. The van der Waals surface area contributed by atoms with Crippen molar-refractivity contribution in [3.05, 3.63) is 53.9 Å². The molecule has 0 saturated carbocycles. The zero-order valence-corrected chi connectivity index (χ0v) is 18.1. The van der Waals surface area contributed by atoms with Gasteiger partial charge in [0, 0.05) is 12.5 Å². The first-order chi connectivity index (χ1) is 14.4. The van der Waals surface area contributed by atoms with Crippen LogP contribution in [0.25, 0.3) is 0 Å². The number of benzene rings is 1. The van der Waals surface area contributed by atoms with Crippen LogP contribution in [0.2, 0.25) is 0 Å². The van der Waals surface area contributed by atoms with Crippen molar-refractivity contribution >= 4 is 11.9 Å². The topological polar surface area (TPSA) is 78.6 Å². The molecule has 1 aromatic heterocycles. The van der Waals surface area contributed by atoms with E-state index >= 15 is 0 Å². The number of aromatic nitrogens is 1. The maximum atomic E-state index is 12.5. The lowest BCUT2D eigenvalue weighted by Gasteiger charge is -2.22. The Bertz CT molecular complexity index is 784. The molecule has 0 aliphatic carbocycles. The average molecular weight is 443 g/mol. The lowest BCUT2D eigenvalue weighted by Crippen LogP contribution is -2.28. The first kappa shape index (κ1) is 26.2. The summed E-state index contributed by atoms with van der Waals surface area (Å²) in [5.74, 6) is -2.75. The second-order valence-corrected chi connectivity index (χ2v) is 7.88. The Morgan fingerprint density at radius 3 is 2.19 bits per heavy atom. The van der Waals surface area contributed by atoms with Crippen molar-refractivity contribution in [2.24, 2.45) is 5.92 Å². The van der Waals surface area contributed by atoms with Crippen LogP contribution in [0.4, 0.5) is 13.2 Å². The molecule has 1 heterocycles. The van der Waals surface area contributed by atoms with Crippen molar-refractivity contribution in [3.8, 4) is 0 Å². The normalized spacial score (nSPS) is 12.4. The third-order valence-corrected chi connectivity index (χ3v) is 3.73. The van der Waals surface area contributed by atoms with E-state index in [2.05, 4.69) is 9.68 Å². The molecular formula is C22H28F3NO5.